The Hall–Kier alpha value is -2.15. The number of nitro benzene ring substituents is 1. The maximum absolute atomic E-state index is 12.7. The van der Waals surface area contributed by atoms with Crippen LogP contribution in [0, 0.1) is 10.1 Å². The molecule has 1 heterocycles. The minimum Gasteiger partial charge on any atom is -0.382 e. The quantitative estimate of drug-likeness (QED) is 0.679. The van der Waals surface area contributed by atoms with Gasteiger partial charge in [0.1, 0.15) is 5.69 Å². The minimum absolute atomic E-state index is 0.0468. The van der Waals surface area contributed by atoms with Crippen molar-refractivity contribution in [3.8, 4) is 0 Å². The van der Waals surface area contributed by atoms with Crippen molar-refractivity contribution in [1.82, 2.24) is 4.90 Å². The second-order valence-electron chi connectivity index (χ2n) is 5.17. The summed E-state index contributed by atoms with van der Waals surface area (Å²) >= 11 is 0. The Bertz CT molecular complexity index is 551. The summed E-state index contributed by atoms with van der Waals surface area (Å²) in [5.74, 6) is -0.218. The molecule has 1 saturated heterocycles. The maximum atomic E-state index is 12.7. The van der Waals surface area contributed by atoms with Gasteiger partial charge in [-0.05, 0) is 19.9 Å². The lowest BCUT2D eigenvalue weighted by molar-refractivity contribution is -0.384. The van der Waals surface area contributed by atoms with Crippen LogP contribution in [0.5, 0.6) is 0 Å². The standard InChI is InChI=1S/C14H19N3O4/c1-9-7-16(8-10(2)21-9)14(18)11-5-4-6-12(17(19)20)13(11)15-3/h4-6,9-10,15H,7-8H2,1-3H3/t9-,10+. The Kier molecular flexibility index (Phi) is 4.42. The molecule has 7 heteroatoms. The van der Waals surface area contributed by atoms with Crippen molar-refractivity contribution in [2.75, 3.05) is 25.5 Å². The lowest BCUT2D eigenvalue weighted by Crippen LogP contribution is -2.48. The van der Waals surface area contributed by atoms with Crippen molar-refractivity contribution in [2.45, 2.75) is 26.1 Å². The molecule has 0 aromatic heterocycles. The first-order valence-corrected chi connectivity index (χ1v) is 6.84. The molecule has 1 fully saturated rings. The molecule has 2 atom stereocenters. The van der Waals surface area contributed by atoms with Crippen molar-refractivity contribution < 1.29 is 14.5 Å². The molecular formula is C14H19N3O4. The molecule has 0 saturated carbocycles. The smallest absolute Gasteiger partial charge is 0.293 e. The molecular weight excluding hydrogens is 274 g/mol. The number of hydrogen-bond donors (Lipinski definition) is 1. The fourth-order valence-electron chi connectivity index (χ4n) is 2.65. The van der Waals surface area contributed by atoms with E-state index in [0.29, 0.717) is 18.7 Å². The maximum Gasteiger partial charge on any atom is 0.293 e. The summed E-state index contributed by atoms with van der Waals surface area (Å²) in [6.07, 6.45) is -0.0936. The highest BCUT2D eigenvalue weighted by atomic mass is 16.6. The molecule has 7 nitrogen and oxygen atoms in total. The number of nitrogens with zero attached hydrogens (tertiary/aromatic N) is 2. The van der Waals surface area contributed by atoms with Crippen LogP contribution in [0.2, 0.25) is 0 Å². The molecule has 0 bridgehead atoms. The number of nitrogens with one attached hydrogen (secondary N) is 1. The molecule has 1 aliphatic rings. The number of benzene rings is 1. The predicted octanol–water partition coefficient (Wildman–Crippen LogP) is 1.89. The van der Waals surface area contributed by atoms with Crippen molar-refractivity contribution in [3.05, 3.63) is 33.9 Å². The van der Waals surface area contributed by atoms with Gasteiger partial charge in [-0.1, -0.05) is 6.07 Å². The van der Waals surface area contributed by atoms with Gasteiger partial charge in [-0.2, -0.15) is 0 Å². The first-order valence-electron chi connectivity index (χ1n) is 6.84. The molecule has 1 aromatic carbocycles. The third-order valence-electron chi connectivity index (χ3n) is 3.43. The van der Waals surface area contributed by atoms with Crippen LogP contribution in [0.1, 0.15) is 24.2 Å². The average molecular weight is 293 g/mol. The van der Waals surface area contributed by atoms with Crippen molar-refractivity contribution in [1.29, 1.82) is 0 Å². The summed E-state index contributed by atoms with van der Waals surface area (Å²) in [7, 11) is 1.57. The van der Waals surface area contributed by atoms with Gasteiger partial charge in [0.15, 0.2) is 0 Å². The summed E-state index contributed by atoms with van der Waals surface area (Å²) < 4.78 is 5.60. The van der Waals surface area contributed by atoms with Crippen molar-refractivity contribution in [2.24, 2.45) is 0 Å². The molecule has 21 heavy (non-hydrogen) atoms. The number of carbonyl (C=O) groups is 1. The Morgan fingerprint density at radius 3 is 2.52 bits per heavy atom. The number of ether oxygens (including phenoxy) is 1. The molecule has 1 N–H and O–H groups in total. The summed E-state index contributed by atoms with van der Waals surface area (Å²) in [4.78, 5) is 24.9. The van der Waals surface area contributed by atoms with Crippen LogP contribution in [-0.4, -0.2) is 48.1 Å². The number of carbonyl (C=O) groups excluding carboxylic acids is 1. The van der Waals surface area contributed by atoms with Gasteiger partial charge in [0.2, 0.25) is 0 Å². The Labute approximate surface area is 123 Å². The van der Waals surface area contributed by atoms with Gasteiger partial charge in [-0.3, -0.25) is 14.9 Å². The summed E-state index contributed by atoms with van der Waals surface area (Å²) in [5, 5.41) is 13.8. The summed E-state index contributed by atoms with van der Waals surface area (Å²) in [6, 6.07) is 4.51. The molecule has 0 spiro atoms. The normalized spacial score (nSPS) is 22.0. The Morgan fingerprint density at radius 2 is 2.00 bits per heavy atom. The van der Waals surface area contributed by atoms with Crippen LogP contribution in [0.25, 0.3) is 0 Å². The third-order valence-corrected chi connectivity index (χ3v) is 3.43. The van der Waals surface area contributed by atoms with Gasteiger partial charge in [0.25, 0.3) is 11.6 Å². The van der Waals surface area contributed by atoms with E-state index in [9.17, 15) is 14.9 Å². The summed E-state index contributed by atoms with van der Waals surface area (Å²) in [6.45, 7) is 4.77. The first-order chi connectivity index (χ1) is 9.93. The van der Waals surface area contributed by atoms with Gasteiger partial charge < -0.3 is 15.0 Å². The molecule has 1 amide bonds. The van der Waals surface area contributed by atoms with Crippen LogP contribution in [0.15, 0.2) is 18.2 Å². The molecule has 1 aromatic rings. The second kappa shape index (κ2) is 6.09. The summed E-state index contributed by atoms with van der Waals surface area (Å²) in [5.41, 5.74) is 0.463. The Balaban J connectivity index is 2.35. The van der Waals surface area contributed by atoms with Gasteiger partial charge in [-0.25, -0.2) is 0 Å². The van der Waals surface area contributed by atoms with Gasteiger partial charge in [0, 0.05) is 26.2 Å². The number of rotatable bonds is 3. The zero-order valence-corrected chi connectivity index (χ0v) is 12.3. The Morgan fingerprint density at radius 1 is 1.38 bits per heavy atom. The molecule has 0 radical (unpaired) electrons. The van der Waals surface area contributed by atoms with E-state index >= 15 is 0 Å². The number of hydrogen-bond acceptors (Lipinski definition) is 5. The lowest BCUT2D eigenvalue weighted by Gasteiger charge is -2.35. The largest absolute Gasteiger partial charge is 0.382 e. The number of anilines is 1. The molecule has 2 rings (SSSR count). The van der Waals surface area contributed by atoms with E-state index in [-0.39, 0.29) is 29.5 Å². The fraction of sp³-hybridized carbons (Fsp3) is 0.500. The second-order valence-corrected chi connectivity index (χ2v) is 5.17. The van der Waals surface area contributed by atoms with E-state index in [1.807, 2.05) is 13.8 Å². The monoisotopic (exact) mass is 293 g/mol. The third kappa shape index (κ3) is 3.13. The van der Waals surface area contributed by atoms with E-state index < -0.39 is 4.92 Å². The van der Waals surface area contributed by atoms with Crippen molar-refractivity contribution >= 4 is 17.3 Å². The fourth-order valence-corrected chi connectivity index (χ4v) is 2.65. The SMILES string of the molecule is CNc1c(C(=O)N2C[C@@H](C)O[C@@H](C)C2)cccc1[N+](=O)[O-]. The van der Waals surface area contributed by atoms with E-state index in [0.717, 1.165) is 0 Å². The molecule has 1 aliphatic heterocycles. The molecule has 114 valence electrons. The zero-order valence-electron chi connectivity index (χ0n) is 12.3. The number of morpholine rings is 1. The average Bonchev–Trinajstić information content (AvgIpc) is 2.44. The van der Waals surface area contributed by atoms with E-state index in [1.54, 1.807) is 18.0 Å². The van der Waals surface area contributed by atoms with Gasteiger partial charge >= 0.3 is 0 Å². The van der Waals surface area contributed by atoms with E-state index in [4.69, 9.17) is 4.74 Å². The van der Waals surface area contributed by atoms with Gasteiger partial charge in [-0.15, -0.1) is 0 Å². The number of nitro groups is 1. The molecule has 0 aliphatic carbocycles. The minimum atomic E-state index is -0.493. The number of para-hydroxylation sites is 1. The first kappa shape index (κ1) is 15.2. The van der Waals surface area contributed by atoms with E-state index in [2.05, 4.69) is 5.32 Å². The molecule has 0 unspecified atom stereocenters. The van der Waals surface area contributed by atoms with Crippen LogP contribution in [-0.2, 0) is 4.74 Å². The highest BCUT2D eigenvalue weighted by Gasteiger charge is 2.29. The highest BCUT2D eigenvalue weighted by molar-refractivity contribution is 6.01. The zero-order chi connectivity index (χ0) is 15.6. The van der Waals surface area contributed by atoms with Crippen molar-refractivity contribution in [3.63, 3.8) is 0 Å². The van der Waals surface area contributed by atoms with Crippen LogP contribution in [0.3, 0.4) is 0 Å². The van der Waals surface area contributed by atoms with Crippen LogP contribution < -0.4 is 5.32 Å². The lowest BCUT2D eigenvalue weighted by atomic mass is 10.1. The van der Waals surface area contributed by atoms with Gasteiger partial charge in [0.05, 0.1) is 22.7 Å². The van der Waals surface area contributed by atoms with Crippen LogP contribution >= 0.6 is 0 Å². The number of amides is 1. The highest BCUT2D eigenvalue weighted by Crippen LogP contribution is 2.29. The topological polar surface area (TPSA) is 84.7 Å². The van der Waals surface area contributed by atoms with E-state index in [1.165, 1.54) is 12.1 Å². The predicted molar refractivity (Wildman–Crippen MR) is 78.6 cm³/mol. The van der Waals surface area contributed by atoms with Crippen LogP contribution in [0.4, 0.5) is 11.4 Å².